The van der Waals surface area contributed by atoms with E-state index < -0.39 is 5.41 Å². The van der Waals surface area contributed by atoms with Crippen molar-refractivity contribution in [2.45, 2.75) is 51.4 Å². The highest BCUT2D eigenvalue weighted by Gasteiger charge is 2.67. The van der Waals surface area contributed by atoms with Gasteiger partial charge in [0.15, 0.2) is 6.11 Å². The fraction of sp³-hybridized carbons (Fsp3) is 0.395. The molecule has 0 spiro atoms. The maximum atomic E-state index is 13.3. The summed E-state index contributed by atoms with van der Waals surface area (Å²) in [7, 11) is 1.34. The first-order chi connectivity index (χ1) is 21.1. The van der Waals surface area contributed by atoms with Gasteiger partial charge >= 0.3 is 5.97 Å². The van der Waals surface area contributed by atoms with Gasteiger partial charge in [0.1, 0.15) is 11.2 Å². The standard InChI is InChI=1S/C38H26O5/c1-30-31-20-21-35-37(24-19-25-38(35,29-42-36(37)39)33(31)28-34-32(30)22-27-41-34)23-17-15-13-11-9-7-5-3-4-6-8-10-12-14-16-18-26-43-40-2/h22,27,30-31,33,35H,19-21,24-25,28-29H2,1-2H3/t30-,31+,33+,35+,37-,38+/m1/s1. The van der Waals surface area contributed by atoms with Crippen LogP contribution in [0, 0.1) is 135 Å². The Labute approximate surface area is 253 Å². The number of carbonyl (C=O) groups is 1. The van der Waals surface area contributed by atoms with Gasteiger partial charge in [0.25, 0.3) is 0 Å². The lowest BCUT2D eigenvalue weighted by Crippen LogP contribution is -2.64. The highest BCUT2D eigenvalue weighted by atomic mass is 17.2. The number of fused-ring (bicyclic) bond motifs is 2. The van der Waals surface area contributed by atoms with Crippen molar-refractivity contribution in [3.63, 3.8) is 0 Å². The van der Waals surface area contributed by atoms with Crippen LogP contribution in [0.5, 0.6) is 0 Å². The van der Waals surface area contributed by atoms with Crippen molar-refractivity contribution in [1.82, 2.24) is 0 Å². The molecular formula is C38H26O5. The molecule has 208 valence electrons. The Morgan fingerprint density at radius 2 is 1.47 bits per heavy atom. The molecule has 2 bridgehead atoms. The van der Waals surface area contributed by atoms with Crippen LogP contribution in [-0.4, -0.2) is 19.7 Å². The third-order valence-electron chi connectivity index (χ3n) is 9.10. The van der Waals surface area contributed by atoms with Gasteiger partial charge < -0.3 is 9.15 Å². The van der Waals surface area contributed by atoms with E-state index in [2.05, 4.69) is 130 Å². The molecule has 0 radical (unpaired) electrons. The number of esters is 1. The van der Waals surface area contributed by atoms with E-state index in [4.69, 9.17) is 9.15 Å². The van der Waals surface area contributed by atoms with Crippen molar-refractivity contribution in [3.8, 4) is 107 Å². The molecule has 43 heavy (non-hydrogen) atoms. The Kier molecular flexibility index (Phi) is 9.11. The summed E-state index contributed by atoms with van der Waals surface area (Å²) in [5, 5.41) is 0. The molecule has 0 aromatic carbocycles. The molecule has 5 heteroatoms. The molecule has 1 aromatic rings. The van der Waals surface area contributed by atoms with Crippen molar-refractivity contribution in [2.24, 2.45) is 28.6 Å². The van der Waals surface area contributed by atoms with Crippen LogP contribution < -0.4 is 0 Å². The lowest BCUT2D eigenvalue weighted by atomic mass is 9.42. The first-order valence-electron chi connectivity index (χ1n) is 14.1. The second kappa shape index (κ2) is 13.5. The van der Waals surface area contributed by atoms with Gasteiger partial charge in [0.05, 0.1) is 20.0 Å². The van der Waals surface area contributed by atoms with Crippen LogP contribution >= 0.6 is 0 Å². The zero-order valence-corrected chi connectivity index (χ0v) is 24.0. The van der Waals surface area contributed by atoms with Gasteiger partial charge in [-0.15, -0.1) is 0 Å². The van der Waals surface area contributed by atoms with Crippen LogP contribution in [0.2, 0.25) is 0 Å². The zero-order chi connectivity index (χ0) is 30.0. The van der Waals surface area contributed by atoms with Crippen LogP contribution in [-0.2, 0) is 25.7 Å². The minimum atomic E-state index is -0.809. The Balaban J connectivity index is 1.23. The molecule has 5 rings (SSSR count). The SMILES string of the molecule is COOC#CC#CC#CC#CC#CC#CC#CC#CC#C[C@]12CCC[C@@]3(COC1=O)[C@H]2CC[C@H]1[C@@H](C)c2ccoc2C[C@@H]13. The van der Waals surface area contributed by atoms with E-state index in [1.54, 1.807) is 0 Å². The molecule has 1 saturated heterocycles. The van der Waals surface area contributed by atoms with Gasteiger partial charge in [0, 0.05) is 59.2 Å². The van der Waals surface area contributed by atoms with E-state index in [1.807, 2.05) is 6.26 Å². The topological polar surface area (TPSA) is 57.9 Å². The van der Waals surface area contributed by atoms with Crippen molar-refractivity contribution < 1.29 is 23.7 Å². The minimum Gasteiger partial charge on any atom is -0.469 e. The third-order valence-corrected chi connectivity index (χ3v) is 9.10. The molecule has 4 aliphatic rings. The summed E-state index contributed by atoms with van der Waals surface area (Å²) in [5.74, 6) is 47.1. The molecule has 3 aliphatic carbocycles. The van der Waals surface area contributed by atoms with Crippen LogP contribution in [0.4, 0.5) is 0 Å². The average molecular weight is 563 g/mol. The normalized spacial score (nSPS) is 27.8. The van der Waals surface area contributed by atoms with E-state index >= 15 is 0 Å². The zero-order valence-electron chi connectivity index (χ0n) is 24.0. The maximum absolute atomic E-state index is 13.3. The molecule has 0 amide bonds. The monoisotopic (exact) mass is 562 g/mol. The van der Waals surface area contributed by atoms with Crippen molar-refractivity contribution >= 4 is 5.97 Å². The molecular weight excluding hydrogens is 536 g/mol. The molecule has 5 nitrogen and oxygen atoms in total. The summed E-state index contributed by atoms with van der Waals surface area (Å²) in [4.78, 5) is 21.9. The molecule has 6 atom stereocenters. The van der Waals surface area contributed by atoms with Gasteiger partial charge in [-0.25, -0.2) is 0 Å². The highest BCUT2D eigenvalue weighted by molar-refractivity contribution is 5.83. The van der Waals surface area contributed by atoms with E-state index in [0.29, 0.717) is 30.8 Å². The lowest BCUT2D eigenvalue weighted by Gasteiger charge is -2.63. The second-order valence-corrected chi connectivity index (χ2v) is 10.8. The Morgan fingerprint density at radius 3 is 2.12 bits per heavy atom. The van der Waals surface area contributed by atoms with Crippen molar-refractivity contribution in [3.05, 3.63) is 23.7 Å². The summed E-state index contributed by atoms with van der Waals surface area (Å²) in [6.07, 6.45) is 9.73. The highest BCUT2D eigenvalue weighted by Crippen LogP contribution is 2.67. The first-order valence-corrected chi connectivity index (χ1v) is 14.1. The van der Waals surface area contributed by atoms with Crippen LogP contribution in [0.25, 0.3) is 0 Å². The van der Waals surface area contributed by atoms with Gasteiger partial charge in [-0.3, -0.25) is 9.68 Å². The fourth-order valence-corrected chi connectivity index (χ4v) is 7.53. The first kappa shape index (κ1) is 29.1. The number of hydrogen-bond acceptors (Lipinski definition) is 5. The second-order valence-electron chi connectivity index (χ2n) is 10.8. The minimum absolute atomic E-state index is 0.0630. The number of furan rings is 1. The quantitative estimate of drug-likeness (QED) is 0.225. The lowest BCUT2D eigenvalue weighted by molar-refractivity contribution is -0.212. The molecule has 0 unspecified atom stereocenters. The van der Waals surface area contributed by atoms with Crippen molar-refractivity contribution in [2.75, 3.05) is 13.7 Å². The summed E-state index contributed by atoms with van der Waals surface area (Å²) in [5.41, 5.74) is 0.473. The number of cyclic esters (lactones) is 1. The molecule has 2 saturated carbocycles. The molecule has 1 aromatic heterocycles. The van der Waals surface area contributed by atoms with Gasteiger partial charge in [0.2, 0.25) is 0 Å². The Hall–Kier alpha value is -5.45. The number of hydrogen-bond donors (Lipinski definition) is 0. The Morgan fingerprint density at radius 1 is 0.837 bits per heavy atom. The van der Waals surface area contributed by atoms with Gasteiger partial charge in [-0.1, -0.05) is 19.3 Å². The third kappa shape index (κ3) is 5.96. The van der Waals surface area contributed by atoms with Crippen LogP contribution in [0.3, 0.4) is 0 Å². The van der Waals surface area contributed by atoms with Gasteiger partial charge in [-0.2, -0.15) is 4.89 Å². The summed E-state index contributed by atoms with van der Waals surface area (Å²) >= 11 is 0. The summed E-state index contributed by atoms with van der Waals surface area (Å²) < 4.78 is 11.8. The number of carbonyl (C=O) groups excluding carboxylic acids is 1. The largest absolute Gasteiger partial charge is 0.469 e. The average Bonchev–Trinajstić information content (AvgIpc) is 3.50. The van der Waals surface area contributed by atoms with E-state index in [9.17, 15) is 4.79 Å². The van der Waals surface area contributed by atoms with Crippen molar-refractivity contribution in [1.29, 1.82) is 0 Å². The van der Waals surface area contributed by atoms with Crippen LogP contribution in [0.1, 0.15) is 56.3 Å². The predicted molar refractivity (Wildman–Crippen MR) is 158 cm³/mol. The van der Waals surface area contributed by atoms with Gasteiger partial charge in [-0.05, 0) is 108 Å². The summed E-state index contributed by atoms with van der Waals surface area (Å²) in [6, 6.07) is 2.13. The Bertz CT molecular complexity index is 1870. The van der Waals surface area contributed by atoms with E-state index in [-0.39, 0.29) is 17.3 Å². The molecule has 0 N–H and O–H groups in total. The van der Waals surface area contributed by atoms with E-state index in [1.165, 1.54) is 12.7 Å². The molecule has 3 fully saturated rings. The van der Waals surface area contributed by atoms with Crippen LogP contribution in [0.15, 0.2) is 16.7 Å². The smallest absolute Gasteiger partial charge is 0.324 e. The maximum Gasteiger partial charge on any atom is 0.324 e. The predicted octanol–water partition coefficient (Wildman–Crippen LogP) is 3.86. The number of rotatable bonds is 1. The molecule has 2 heterocycles. The number of ether oxygens (including phenoxy) is 1. The molecule has 1 aliphatic heterocycles. The van der Waals surface area contributed by atoms with E-state index in [0.717, 1.165) is 37.9 Å². The summed E-state index contributed by atoms with van der Waals surface area (Å²) in [6.45, 7) is 2.81. The fourth-order valence-electron chi connectivity index (χ4n) is 7.53.